The quantitative estimate of drug-likeness (QED) is 0.725. The first-order chi connectivity index (χ1) is 6.04. The average molecular weight is 185 g/mol. The SMILES string of the molecule is CC(C)C(O)C1CCCN1C(C)C. The summed E-state index contributed by atoms with van der Waals surface area (Å²) in [5.41, 5.74) is 0. The van der Waals surface area contributed by atoms with Gasteiger partial charge >= 0.3 is 0 Å². The van der Waals surface area contributed by atoms with Crippen molar-refractivity contribution in [3.05, 3.63) is 0 Å². The third kappa shape index (κ3) is 2.44. The van der Waals surface area contributed by atoms with Gasteiger partial charge in [-0.3, -0.25) is 4.90 Å². The molecule has 0 aromatic heterocycles. The van der Waals surface area contributed by atoms with E-state index in [1.165, 1.54) is 6.42 Å². The van der Waals surface area contributed by atoms with E-state index in [0.717, 1.165) is 13.0 Å². The Kier molecular flexibility index (Phi) is 3.74. The molecule has 78 valence electrons. The summed E-state index contributed by atoms with van der Waals surface area (Å²) in [5, 5.41) is 10.0. The van der Waals surface area contributed by atoms with Gasteiger partial charge in [0.1, 0.15) is 0 Å². The predicted molar refractivity (Wildman–Crippen MR) is 55.7 cm³/mol. The van der Waals surface area contributed by atoms with Gasteiger partial charge in [0.15, 0.2) is 0 Å². The second-order valence-electron chi connectivity index (χ2n) is 4.78. The van der Waals surface area contributed by atoms with Crippen molar-refractivity contribution in [1.82, 2.24) is 4.90 Å². The Bertz CT molecular complexity index is 156. The molecule has 0 amide bonds. The van der Waals surface area contributed by atoms with Crippen molar-refractivity contribution < 1.29 is 5.11 Å². The first-order valence-corrected chi connectivity index (χ1v) is 5.48. The first kappa shape index (κ1) is 11.0. The highest BCUT2D eigenvalue weighted by molar-refractivity contribution is 4.87. The molecule has 1 aliphatic rings. The zero-order chi connectivity index (χ0) is 10.0. The molecule has 2 nitrogen and oxygen atoms in total. The Morgan fingerprint density at radius 2 is 1.85 bits per heavy atom. The molecule has 1 saturated heterocycles. The topological polar surface area (TPSA) is 23.5 Å². The Morgan fingerprint density at radius 1 is 1.23 bits per heavy atom. The monoisotopic (exact) mass is 185 g/mol. The van der Waals surface area contributed by atoms with Crippen molar-refractivity contribution in [2.75, 3.05) is 6.54 Å². The van der Waals surface area contributed by atoms with E-state index in [4.69, 9.17) is 0 Å². The van der Waals surface area contributed by atoms with Crippen LogP contribution in [0.4, 0.5) is 0 Å². The fraction of sp³-hybridized carbons (Fsp3) is 1.00. The van der Waals surface area contributed by atoms with Crippen LogP contribution in [0.3, 0.4) is 0 Å². The van der Waals surface area contributed by atoms with Crippen molar-refractivity contribution in [1.29, 1.82) is 0 Å². The van der Waals surface area contributed by atoms with Crippen LogP contribution >= 0.6 is 0 Å². The average Bonchev–Trinajstić information content (AvgIpc) is 2.50. The van der Waals surface area contributed by atoms with Crippen LogP contribution in [0, 0.1) is 5.92 Å². The van der Waals surface area contributed by atoms with Gasteiger partial charge in [-0.25, -0.2) is 0 Å². The van der Waals surface area contributed by atoms with Gasteiger partial charge in [-0.05, 0) is 39.2 Å². The molecule has 2 heteroatoms. The maximum atomic E-state index is 10.0. The van der Waals surface area contributed by atoms with E-state index in [1.807, 2.05) is 0 Å². The van der Waals surface area contributed by atoms with E-state index in [9.17, 15) is 5.11 Å². The molecule has 0 aromatic rings. The maximum absolute atomic E-state index is 10.0. The molecule has 0 radical (unpaired) electrons. The molecular formula is C11H23NO. The van der Waals surface area contributed by atoms with Gasteiger partial charge < -0.3 is 5.11 Å². The van der Waals surface area contributed by atoms with Gasteiger partial charge in [-0.2, -0.15) is 0 Å². The molecule has 13 heavy (non-hydrogen) atoms. The predicted octanol–water partition coefficient (Wildman–Crippen LogP) is 1.88. The van der Waals surface area contributed by atoms with Crippen LogP contribution in [-0.2, 0) is 0 Å². The van der Waals surface area contributed by atoms with Crippen LogP contribution in [0.25, 0.3) is 0 Å². The highest BCUT2D eigenvalue weighted by Gasteiger charge is 2.33. The smallest absolute Gasteiger partial charge is 0.0718 e. The van der Waals surface area contributed by atoms with E-state index in [-0.39, 0.29) is 6.10 Å². The number of nitrogens with zero attached hydrogens (tertiary/aromatic N) is 1. The van der Waals surface area contributed by atoms with E-state index >= 15 is 0 Å². The fourth-order valence-corrected chi connectivity index (χ4v) is 2.27. The number of hydrogen-bond donors (Lipinski definition) is 1. The molecule has 0 spiro atoms. The van der Waals surface area contributed by atoms with Crippen LogP contribution in [0.1, 0.15) is 40.5 Å². The number of aliphatic hydroxyl groups is 1. The highest BCUT2D eigenvalue weighted by Crippen LogP contribution is 2.25. The van der Waals surface area contributed by atoms with Gasteiger partial charge in [-0.1, -0.05) is 13.8 Å². The van der Waals surface area contributed by atoms with E-state index < -0.39 is 0 Å². The summed E-state index contributed by atoms with van der Waals surface area (Å²) in [5.74, 6) is 0.379. The molecule has 2 atom stereocenters. The molecule has 1 aliphatic heterocycles. The van der Waals surface area contributed by atoms with Crippen molar-refractivity contribution in [3.63, 3.8) is 0 Å². The summed E-state index contributed by atoms with van der Waals surface area (Å²) in [7, 11) is 0. The summed E-state index contributed by atoms with van der Waals surface area (Å²) in [6, 6.07) is 0.973. The minimum absolute atomic E-state index is 0.148. The second kappa shape index (κ2) is 4.43. The summed E-state index contributed by atoms with van der Waals surface area (Å²) in [6.45, 7) is 9.78. The van der Waals surface area contributed by atoms with Crippen molar-refractivity contribution in [2.24, 2.45) is 5.92 Å². The lowest BCUT2D eigenvalue weighted by atomic mass is 9.97. The largest absolute Gasteiger partial charge is 0.391 e. The van der Waals surface area contributed by atoms with Crippen molar-refractivity contribution in [3.8, 4) is 0 Å². The summed E-state index contributed by atoms with van der Waals surface area (Å²) < 4.78 is 0. The third-order valence-electron chi connectivity index (χ3n) is 3.08. The standard InChI is InChI=1S/C11H23NO/c1-8(2)11(13)10-6-5-7-12(10)9(3)4/h8-11,13H,5-7H2,1-4H3. The van der Waals surface area contributed by atoms with E-state index in [2.05, 4.69) is 32.6 Å². The zero-order valence-electron chi connectivity index (χ0n) is 9.33. The Balaban J connectivity index is 2.57. The molecule has 1 rings (SSSR count). The number of aliphatic hydroxyl groups excluding tert-OH is 1. The Labute approximate surface area is 81.9 Å². The molecule has 0 aromatic carbocycles. The number of hydrogen-bond acceptors (Lipinski definition) is 2. The van der Waals surface area contributed by atoms with Crippen LogP contribution < -0.4 is 0 Å². The van der Waals surface area contributed by atoms with Gasteiger partial charge in [-0.15, -0.1) is 0 Å². The highest BCUT2D eigenvalue weighted by atomic mass is 16.3. The van der Waals surface area contributed by atoms with Crippen LogP contribution in [0.2, 0.25) is 0 Å². The minimum Gasteiger partial charge on any atom is -0.391 e. The van der Waals surface area contributed by atoms with Crippen molar-refractivity contribution in [2.45, 2.75) is 58.7 Å². The van der Waals surface area contributed by atoms with Crippen LogP contribution in [0.15, 0.2) is 0 Å². The third-order valence-corrected chi connectivity index (χ3v) is 3.08. The lowest BCUT2D eigenvalue weighted by Gasteiger charge is -2.33. The molecular weight excluding hydrogens is 162 g/mol. The van der Waals surface area contributed by atoms with Crippen LogP contribution in [-0.4, -0.2) is 34.7 Å². The van der Waals surface area contributed by atoms with Gasteiger partial charge in [0.05, 0.1) is 6.10 Å². The summed E-state index contributed by atoms with van der Waals surface area (Å²) in [6.07, 6.45) is 2.26. The van der Waals surface area contributed by atoms with Gasteiger partial charge in [0.25, 0.3) is 0 Å². The molecule has 0 aliphatic carbocycles. The Morgan fingerprint density at radius 3 is 2.31 bits per heavy atom. The zero-order valence-corrected chi connectivity index (χ0v) is 9.33. The maximum Gasteiger partial charge on any atom is 0.0718 e. The fourth-order valence-electron chi connectivity index (χ4n) is 2.27. The molecule has 2 unspecified atom stereocenters. The number of rotatable bonds is 3. The molecule has 1 fully saturated rings. The summed E-state index contributed by atoms with van der Waals surface area (Å²) in [4.78, 5) is 2.44. The van der Waals surface area contributed by atoms with E-state index in [0.29, 0.717) is 18.0 Å². The van der Waals surface area contributed by atoms with Crippen molar-refractivity contribution >= 4 is 0 Å². The molecule has 1 N–H and O–H groups in total. The second-order valence-corrected chi connectivity index (χ2v) is 4.78. The Hall–Kier alpha value is -0.0800. The molecule has 0 saturated carbocycles. The van der Waals surface area contributed by atoms with E-state index in [1.54, 1.807) is 0 Å². The first-order valence-electron chi connectivity index (χ1n) is 5.48. The minimum atomic E-state index is -0.148. The normalized spacial score (nSPS) is 27.5. The van der Waals surface area contributed by atoms with Gasteiger partial charge in [0, 0.05) is 12.1 Å². The summed E-state index contributed by atoms with van der Waals surface area (Å²) >= 11 is 0. The molecule has 0 bridgehead atoms. The molecule has 1 heterocycles. The van der Waals surface area contributed by atoms with Crippen LogP contribution in [0.5, 0.6) is 0 Å². The number of likely N-dealkylation sites (tertiary alicyclic amines) is 1. The lowest BCUT2D eigenvalue weighted by Crippen LogP contribution is -2.44. The van der Waals surface area contributed by atoms with Gasteiger partial charge in [0.2, 0.25) is 0 Å². The lowest BCUT2D eigenvalue weighted by molar-refractivity contribution is 0.0274.